The maximum Gasteiger partial charge on any atom is 0.307 e. The van der Waals surface area contributed by atoms with E-state index in [1.54, 1.807) is 6.92 Å². The van der Waals surface area contributed by atoms with Crippen LogP contribution in [0.3, 0.4) is 0 Å². The second-order valence-corrected chi connectivity index (χ2v) is 4.22. The molecule has 1 atom stereocenters. The molecule has 0 saturated carbocycles. The highest BCUT2D eigenvalue weighted by atomic mass is 16.5. The van der Waals surface area contributed by atoms with E-state index in [0.29, 0.717) is 31.3 Å². The van der Waals surface area contributed by atoms with E-state index in [1.165, 1.54) is 0 Å². The number of esters is 1. The summed E-state index contributed by atoms with van der Waals surface area (Å²) in [6, 6.07) is 5.04. The lowest BCUT2D eigenvalue weighted by atomic mass is 10.0. The van der Waals surface area contributed by atoms with Gasteiger partial charge in [0, 0.05) is 12.1 Å². The van der Waals surface area contributed by atoms with Crippen LogP contribution in [0.25, 0.3) is 0 Å². The highest BCUT2D eigenvalue weighted by molar-refractivity contribution is 5.70. The fourth-order valence-electron chi connectivity index (χ4n) is 1.83. The molecule has 1 rings (SSSR count). The van der Waals surface area contributed by atoms with Crippen LogP contribution in [-0.4, -0.2) is 25.8 Å². The summed E-state index contributed by atoms with van der Waals surface area (Å²) in [6.07, 6.45) is 0.134. The van der Waals surface area contributed by atoms with E-state index < -0.39 is 6.04 Å². The third-order valence-electron chi connectivity index (χ3n) is 2.64. The van der Waals surface area contributed by atoms with Crippen molar-refractivity contribution in [1.29, 1.82) is 0 Å². The van der Waals surface area contributed by atoms with Gasteiger partial charge in [0.2, 0.25) is 0 Å². The summed E-state index contributed by atoms with van der Waals surface area (Å²) >= 11 is 0. The smallest absolute Gasteiger partial charge is 0.307 e. The normalized spacial score (nSPS) is 11.8. The Balaban J connectivity index is 2.87. The van der Waals surface area contributed by atoms with Crippen LogP contribution in [0.4, 0.5) is 0 Å². The number of hydrogen-bond donors (Lipinski definition) is 1. The lowest BCUT2D eigenvalue weighted by molar-refractivity contribution is -0.143. The number of rotatable bonds is 8. The molecule has 1 aromatic rings. The molecule has 5 heteroatoms. The number of benzene rings is 1. The van der Waals surface area contributed by atoms with Crippen LogP contribution in [0.5, 0.6) is 11.5 Å². The van der Waals surface area contributed by atoms with Gasteiger partial charge in [-0.25, -0.2) is 0 Å². The van der Waals surface area contributed by atoms with Gasteiger partial charge in [-0.05, 0) is 38.5 Å². The standard InChI is InChI=1S/C15H23NO4/c1-4-18-12-7-11(8-13(9-12)19-5-2)14(16)10-15(17)20-6-3/h7-9,14H,4-6,10,16H2,1-3H3. The molecule has 112 valence electrons. The maximum absolute atomic E-state index is 11.5. The Bertz CT molecular complexity index is 410. The van der Waals surface area contributed by atoms with Gasteiger partial charge >= 0.3 is 5.97 Å². The summed E-state index contributed by atoms with van der Waals surface area (Å²) in [5.41, 5.74) is 6.84. The Morgan fingerprint density at radius 3 is 2.05 bits per heavy atom. The fourth-order valence-corrected chi connectivity index (χ4v) is 1.83. The van der Waals surface area contributed by atoms with Crippen molar-refractivity contribution in [3.63, 3.8) is 0 Å². The van der Waals surface area contributed by atoms with E-state index in [0.717, 1.165) is 5.56 Å². The molecule has 0 fully saturated rings. The molecule has 0 bridgehead atoms. The van der Waals surface area contributed by atoms with Gasteiger partial charge in [0.15, 0.2) is 0 Å². The minimum absolute atomic E-state index is 0.134. The van der Waals surface area contributed by atoms with Crippen molar-refractivity contribution in [3.05, 3.63) is 23.8 Å². The lowest BCUT2D eigenvalue weighted by Gasteiger charge is -2.15. The molecule has 0 saturated heterocycles. The van der Waals surface area contributed by atoms with Crippen molar-refractivity contribution in [2.24, 2.45) is 5.73 Å². The molecule has 0 amide bonds. The van der Waals surface area contributed by atoms with Gasteiger partial charge in [-0.15, -0.1) is 0 Å². The Kier molecular flexibility index (Phi) is 6.87. The fraction of sp³-hybridized carbons (Fsp3) is 0.533. The number of hydrogen-bond acceptors (Lipinski definition) is 5. The highest BCUT2D eigenvalue weighted by Gasteiger charge is 2.15. The van der Waals surface area contributed by atoms with Crippen LogP contribution >= 0.6 is 0 Å². The average molecular weight is 281 g/mol. The largest absolute Gasteiger partial charge is 0.494 e. The molecule has 1 aromatic carbocycles. The predicted octanol–water partition coefficient (Wildman–Crippen LogP) is 2.44. The van der Waals surface area contributed by atoms with Gasteiger partial charge in [-0.1, -0.05) is 0 Å². The molecule has 0 aromatic heterocycles. The van der Waals surface area contributed by atoms with E-state index in [2.05, 4.69) is 0 Å². The molecule has 1 unspecified atom stereocenters. The van der Waals surface area contributed by atoms with Crippen molar-refractivity contribution in [2.75, 3.05) is 19.8 Å². The van der Waals surface area contributed by atoms with Crippen molar-refractivity contribution in [2.45, 2.75) is 33.2 Å². The van der Waals surface area contributed by atoms with Crippen molar-refractivity contribution in [1.82, 2.24) is 0 Å². The van der Waals surface area contributed by atoms with Crippen LogP contribution in [0.2, 0.25) is 0 Å². The number of ether oxygens (including phenoxy) is 3. The van der Waals surface area contributed by atoms with Crippen molar-refractivity contribution in [3.8, 4) is 11.5 Å². The first-order valence-electron chi connectivity index (χ1n) is 6.92. The average Bonchev–Trinajstić information content (AvgIpc) is 2.39. The second-order valence-electron chi connectivity index (χ2n) is 4.22. The quantitative estimate of drug-likeness (QED) is 0.741. The molecule has 0 radical (unpaired) electrons. The van der Waals surface area contributed by atoms with E-state index in [4.69, 9.17) is 19.9 Å². The Hall–Kier alpha value is -1.75. The zero-order valence-corrected chi connectivity index (χ0v) is 12.3. The molecule has 0 aliphatic carbocycles. The molecular weight excluding hydrogens is 258 g/mol. The van der Waals surface area contributed by atoms with Crippen LogP contribution in [0.1, 0.15) is 38.8 Å². The Morgan fingerprint density at radius 2 is 1.60 bits per heavy atom. The van der Waals surface area contributed by atoms with Crippen LogP contribution < -0.4 is 15.2 Å². The van der Waals surface area contributed by atoms with Gasteiger partial charge in [-0.3, -0.25) is 4.79 Å². The first kappa shape index (κ1) is 16.3. The summed E-state index contributed by atoms with van der Waals surface area (Å²) in [6.45, 7) is 7.06. The third kappa shape index (κ3) is 5.09. The Morgan fingerprint density at radius 1 is 1.05 bits per heavy atom. The van der Waals surface area contributed by atoms with Crippen LogP contribution in [0.15, 0.2) is 18.2 Å². The minimum Gasteiger partial charge on any atom is -0.494 e. The molecule has 0 heterocycles. The van der Waals surface area contributed by atoms with E-state index >= 15 is 0 Å². The van der Waals surface area contributed by atoms with Gasteiger partial charge in [-0.2, -0.15) is 0 Å². The minimum atomic E-state index is -0.436. The van der Waals surface area contributed by atoms with Crippen LogP contribution in [-0.2, 0) is 9.53 Å². The van der Waals surface area contributed by atoms with E-state index in [9.17, 15) is 4.79 Å². The number of nitrogens with two attached hydrogens (primary N) is 1. The lowest BCUT2D eigenvalue weighted by Crippen LogP contribution is -2.17. The zero-order chi connectivity index (χ0) is 15.0. The first-order chi connectivity index (χ1) is 9.60. The first-order valence-corrected chi connectivity index (χ1v) is 6.92. The third-order valence-corrected chi connectivity index (χ3v) is 2.64. The topological polar surface area (TPSA) is 70.8 Å². The van der Waals surface area contributed by atoms with Crippen LogP contribution in [0, 0.1) is 0 Å². The molecule has 0 aliphatic heterocycles. The summed E-state index contributed by atoms with van der Waals surface area (Å²) < 4.78 is 15.9. The predicted molar refractivity (Wildman–Crippen MR) is 77.0 cm³/mol. The zero-order valence-electron chi connectivity index (χ0n) is 12.3. The SMILES string of the molecule is CCOC(=O)CC(N)c1cc(OCC)cc(OCC)c1. The maximum atomic E-state index is 11.5. The van der Waals surface area contributed by atoms with E-state index in [-0.39, 0.29) is 12.4 Å². The van der Waals surface area contributed by atoms with Crippen molar-refractivity contribution >= 4 is 5.97 Å². The van der Waals surface area contributed by atoms with Gasteiger partial charge in [0.1, 0.15) is 11.5 Å². The molecule has 0 aliphatic rings. The van der Waals surface area contributed by atoms with Gasteiger partial charge in [0.05, 0.1) is 26.2 Å². The monoisotopic (exact) mass is 281 g/mol. The summed E-state index contributed by atoms with van der Waals surface area (Å²) in [4.78, 5) is 11.5. The summed E-state index contributed by atoms with van der Waals surface area (Å²) in [5.74, 6) is 1.07. The molecular formula is C15H23NO4. The second kappa shape index (κ2) is 8.43. The summed E-state index contributed by atoms with van der Waals surface area (Å²) in [7, 11) is 0. The molecule has 2 N–H and O–H groups in total. The molecule has 0 spiro atoms. The number of carbonyl (C=O) groups is 1. The Labute approximate surface area is 120 Å². The molecule has 5 nitrogen and oxygen atoms in total. The number of carbonyl (C=O) groups excluding carboxylic acids is 1. The molecule has 20 heavy (non-hydrogen) atoms. The van der Waals surface area contributed by atoms with Gasteiger partial charge < -0.3 is 19.9 Å². The highest BCUT2D eigenvalue weighted by Crippen LogP contribution is 2.27. The van der Waals surface area contributed by atoms with E-state index in [1.807, 2.05) is 32.0 Å². The van der Waals surface area contributed by atoms with Crippen molar-refractivity contribution < 1.29 is 19.0 Å². The summed E-state index contributed by atoms with van der Waals surface area (Å²) in [5, 5.41) is 0. The van der Waals surface area contributed by atoms with Gasteiger partial charge in [0.25, 0.3) is 0 Å².